The van der Waals surface area contributed by atoms with Gasteiger partial charge in [0.15, 0.2) is 5.41 Å². The molecule has 0 atom stereocenters. The quantitative estimate of drug-likeness (QED) is 0.0935. The summed E-state index contributed by atoms with van der Waals surface area (Å²) in [7, 11) is 0. The van der Waals surface area contributed by atoms with Gasteiger partial charge in [-0.05, 0) is 39.0 Å². The monoisotopic (exact) mass is 454 g/mol. The molecule has 0 radical (unpaired) electrons. The van der Waals surface area contributed by atoms with E-state index in [1.807, 2.05) is 0 Å². The van der Waals surface area contributed by atoms with Gasteiger partial charge in [0.05, 0.1) is 13.2 Å². The standard InChI is InChI=1S/C28H54O4/c1-6-7-8-9-10-11-12-13-14-15-16-17-18-19-20-23-31-26(29)28(4,5)27(30)32-24-21-22-25(2)3/h25H,6-24H2,1-5H3. The second-order valence-corrected chi connectivity index (χ2v) is 10.4. The van der Waals surface area contributed by atoms with Crippen LogP contribution in [-0.4, -0.2) is 25.2 Å². The second kappa shape index (κ2) is 20.5. The van der Waals surface area contributed by atoms with Gasteiger partial charge >= 0.3 is 11.9 Å². The van der Waals surface area contributed by atoms with Crippen LogP contribution < -0.4 is 0 Å². The van der Waals surface area contributed by atoms with Gasteiger partial charge < -0.3 is 9.47 Å². The molecule has 32 heavy (non-hydrogen) atoms. The highest BCUT2D eigenvalue weighted by molar-refractivity contribution is 5.99. The average Bonchev–Trinajstić information content (AvgIpc) is 2.75. The van der Waals surface area contributed by atoms with Gasteiger partial charge in [0, 0.05) is 0 Å². The summed E-state index contributed by atoms with van der Waals surface area (Å²) in [6, 6.07) is 0. The molecule has 0 aliphatic rings. The lowest BCUT2D eigenvalue weighted by molar-refractivity contribution is -0.170. The molecule has 0 amide bonds. The number of carbonyl (C=O) groups excluding carboxylic acids is 2. The number of rotatable bonds is 22. The van der Waals surface area contributed by atoms with Gasteiger partial charge in [0.1, 0.15) is 0 Å². The zero-order chi connectivity index (χ0) is 24.1. The van der Waals surface area contributed by atoms with Crippen molar-refractivity contribution in [1.82, 2.24) is 0 Å². The fourth-order valence-corrected chi connectivity index (χ4v) is 3.74. The van der Waals surface area contributed by atoms with Crippen LogP contribution in [0.3, 0.4) is 0 Å². The van der Waals surface area contributed by atoms with E-state index in [1.54, 1.807) is 13.8 Å². The maximum Gasteiger partial charge on any atom is 0.322 e. The van der Waals surface area contributed by atoms with Crippen LogP contribution in [0.25, 0.3) is 0 Å². The Bertz CT molecular complexity index is 456. The smallest absolute Gasteiger partial charge is 0.322 e. The molecular weight excluding hydrogens is 400 g/mol. The summed E-state index contributed by atoms with van der Waals surface area (Å²) in [6.45, 7) is 10.5. The predicted octanol–water partition coefficient (Wildman–Crippen LogP) is 8.41. The van der Waals surface area contributed by atoms with Gasteiger partial charge in [0.2, 0.25) is 0 Å². The van der Waals surface area contributed by atoms with E-state index in [0.29, 0.717) is 19.1 Å². The molecule has 0 aliphatic heterocycles. The normalized spacial score (nSPS) is 11.7. The number of hydrogen-bond donors (Lipinski definition) is 0. The lowest BCUT2D eigenvalue weighted by atomic mass is 9.94. The maximum atomic E-state index is 12.3. The fraction of sp³-hybridized carbons (Fsp3) is 0.929. The van der Waals surface area contributed by atoms with Crippen LogP contribution in [-0.2, 0) is 19.1 Å². The number of carbonyl (C=O) groups is 2. The Hall–Kier alpha value is -1.06. The molecule has 4 nitrogen and oxygen atoms in total. The summed E-state index contributed by atoms with van der Waals surface area (Å²) in [5, 5.41) is 0. The van der Waals surface area contributed by atoms with Crippen LogP contribution in [0.5, 0.6) is 0 Å². The summed E-state index contributed by atoms with van der Waals surface area (Å²) in [5.41, 5.74) is -1.23. The van der Waals surface area contributed by atoms with Crippen LogP contribution in [0.2, 0.25) is 0 Å². The molecule has 0 N–H and O–H groups in total. The zero-order valence-corrected chi connectivity index (χ0v) is 22.1. The molecule has 0 saturated carbocycles. The van der Waals surface area contributed by atoms with Crippen LogP contribution in [0.15, 0.2) is 0 Å². The number of esters is 2. The molecule has 0 aromatic heterocycles. The first-order chi connectivity index (χ1) is 15.3. The van der Waals surface area contributed by atoms with Crippen molar-refractivity contribution in [1.29, 1.82) is 0 Å². The van der Waals surface area contributed by atoms with Crippen molar-refractivity contribution in [3.05, 3.63) is 0 Å². The molecule has 0 fully saturated rings. The molecule has 190 valence electrons. The van der Waals surface area contributed by atoms with E-state index in [4.69, 9.17) is 9.47 Å². The molecule has 0 spiro atoms. The Morgan fingerprint density at radius 3 is 1.31 bits per heavy atom. The minimum atomic E-state index is -1.23. The fourth-order valence-electron chi connectivity index (χ4n) is 3.74. The second-order valence-electron chi connectivity index (χ2n) is 10.4. The Kier molecular flexibility index (Phi) is 19.9. The van der Waals surface area contributed by atoms with Crippen molar-refractivity contribution >= 4 is 11.9 Å². The molecule has 4 heteroatoms. The van der Waals surface area contributed by atoms with Gasteiger partial charge in [-0.15, -0.1) is 0 Å². The maximum absolute atomic E-state index is 12.3. The Morgan fingerprint density at radius 2 is 0.938 bits per heavy atom. The van der Waals surface area contributed by atoms with Crippen molar-refractivity contribution < 1.29 is 19.1 Å². The largest absolute Gasteiger partial charge is 0.465 e. The minimum absolute atomic E-state index is 0.368. The SMILES string of the molecule is CCCCCCCCCCCCCCCCCOC(=O)C(C)(C)C(=O)OCCCC(C)C. The first kappa shape index (κ1) is 30.9. The first-order valence-electron chi connectivity index (χ1n) is 13.7. The van der Waals surface area contributed by atoms with Gasteiger partial charge in [-0.1, -0.05) is 111 Å². The Labute approximate surface area is 199 Å². The van der Waals surface area contributed by atoms with Crippen LogP contribution in [0.1, 0.15) is 144 Å². The first-order valence-corrected chi connectivity index (χ1v) is 13.7. The van der Waals surface area contributed by atoms with Gasteiger partial charge in [-0.3, -0.25) is 9.59 Å². The van der Waals surface area contributed by atoms with E-state index in [2.05, 4.69) is 20.8 Å². The molecule has 0 heterocycles. The molecule has 0 aromatic rings. The van der Waals surface area contributed by atoms with Crippen molar-refractivity contribution in [2.75, 3.05) is 13.2 Å². The predicted molar refractivity (Wildman–Crippen MR) is 135 cm³/mol. The molecule has 0 rings (SSSR count). The summed E-state index contributed by atoms with van der Waals surface area (Å²) >= 11 is 0. The summed E-state index contributed by atoms with van der Waals surface area (Å²) < 4.78 is 10.6. The molecule has 0 aliphatic carbocycles. The minimum Gasteiger partial charge on any atom is -0.465 e. The van der Waals surface area contributed by atoms with Gasteiger partial charge in [0.25, 0.3) is 0 Å². The van der Waals surface area contributed by atoms with Crippen LogP contribution >= 0.6 is 0 Å². The average molecular weight is 455 g/mol. The lowest BCUT2D eigenvalue weighted by Crippen LogP contribution is -2.37. The number of unbranched alkanes of at least 4 members (excludes halogenated alkanes) is 14. The Morgan fingerprint density at radius 1 is 0.594 bits per heavy atom. The van der Waals surface area contributed by atoms with E-state index >= 15 is 0 Å². The third kappa shape index (κ3) is 17.5. The van der Waals surface area contributed by atoms with Crippen molar-refractivity contribution in [2.45, 2.75) is 144 Å². The van der Waals surface area contributed by atoms with E-state index in [0.717, 1.165) is 25.7 Å². The molecular formula is C28H54O4. The Balaban J connectivity index is 3.55. The third-order valence-corrected chi connectivity index (χ3v) is 6.16. The van der Waals surface area contributed by atoms with E-state index < -0.39 is 17.4 Å². The highest BCUT2D eigenvalue weighted by Gasteiger charge is 2.39. The van der Waals surface area contributed by atoms with Crippen LogP contribution in [0.4, 0.5) is 0 Å². The highest BCUT2D eigenvalue weighted by Crippen LogP contribution is 2.21. The lowest BCUT2D eigenvalue weighted by Gasteiger charge is -2.21. The zero-order valence-electron chi connectivity index (χ0n) is 22.1. The summed E-state index contributed by atoms with van der Waals surface area (Å²) in [6.07, 6.45) is 21.4. The van der Waals surface area contributed by atoms with E-state index in [1.165, 1.54) is 83.5 Å². The number of ether oxygens (including phenoxy) is 2. The van der Waals surface area contributed by atoms with Crippen molar-refractivity contribution in [3.8, 4) is 0 Å². The molecule has 0 aromatic carbocycles. The topological polar surface area (TPSA) is 52.6 Å². The number of hydrogen-bond acceptors (Lipinski definition) is 4. The van der Waals surface area contributed by atoms with Crippen molar-refractivity contribution in [3.63, 3.8) is 0 Å². The van der Waals surface area contributed by atoms with Gasteiger partial charge in [-0.2, -0.15) is 0 Å². The molecule has 0 unspecified atom stereocenters. The van der Waals surface area contributed by atoms with Crippen LogP contribution in [0, 0.1) is 11.3 Å². The highest BCUT2D eigenvalue weighted by atomic mass is 16.6. The van der Waals surface area contributed by atoms with E-state index in [-0.39, 0.29) is 0 Å². The van der Waals surface area contributed by atoms with E-state index in [9.17, 15) is 9.59 Å². The van der Waals surface area contributed by atoms with Gasteiger partial charge in [-0.25, -0.2) is 0 Å². The van der Waals surface area contributed by atoms with Crippen molar-refractivity contribution in [2.24, 2.45) is 11.3 Å². The molecule has 0 saturated heterocycles. The summed E-state index contributed by atoms with van der Waals surface area (Å²) in [4.78, 5) is 24.5. The third-order valence-electron chi connectivity index (χ3n) is 6.16. The summed E-state index contributed by atoms with van der Waals surface area (Å²) in [5.74, 6) is -0.374. The molecule has 0 bridgehead atoms.